The number of hydrogen-bond acceptors (Lipinski definition) is 10. The fourth-order valence-corrected chi connectivity index (χ4v) is 3.63. The number of piperazine rings is 1. The Labute approximate surface area is 190 Å². The van der Waals surface area contributed by atoms with Gasteiger partial charge in [0.05, 0.1) is 29.0 Å². The third-order valence-electron chi connectivity index (χ3n) is 5.52. The SMILES string of the molecule is COc1cc(N2CCN(C)CC2)c([N+](=O)[O-])cc1Nc1nccc(-n2cc(C=O)c(C)n2)n1. The molecule has 3 heterocycles. The molecule has 12 heteroatoms. The van der Waals surface area contributed by atoms with E-state index < -0.39 is 4.92 Å². The maximum atomic E-state index is 11.9. The molecule has 0 saturated carbocycles. The average Bonchev–Trinajstić information content (AvgIpc) is 3.20. The summed E-state index contributed by atoms with van der Waals surface area (Å²) in [5.74, 6) is 1.07. The monoisotopic (exact) mass is 452 g/mol. The van der Waals surface area contributed by atoms with E-state index >= 15 is 0 Å². The van der Waals surface area contributed by atoms with Crippen molar-refractivity contribution in [3.8, 4) is 11.6 Å². The highest BCUT2D eigenvalue weighted by atomic mass is 16.6. The van der Waals surface area contributed by atoms with Crippen LogP contribution in [0.4, 0.5) is 23.0 Å². The smallest absolute Gasteiger partial charge is 0.294 e. The molecule has 0 amide bonds. The molecule has 1 saturated heterocycles. The zero-order valence-corrected chi connectivity index (χ0v) is 18.6. The molecular weight excluding hydrogens is 428 g/mol. The lowest BCUT2D eigenvalue weighted by Gasteiger charge is -2.33. The molecule has 172 valence electrons. The van der Waals surface area contributed by atoms with Gasteiger partial charge in [0.25, 0.3) is 5.69 Å². The summed E-state index contributed by atoms with van der Waals surface area (Å²) in [5, 5.41) is 19.2. The Morgan fingerprint density at radius 3 is 2.64 bits per heavy atom. The van der Waals surface area contributed by atoms with Gasteiger partial charge in [0.15, 0.2) is 12.1 Å². The molecule has 1 aliphatic heterocycles. The number of carbonyl (C=O) groups excluding carboxylic acids is 1. The first-order valence-electron chi connectivity index (χ1n) is 10.3. The quantitative estimate of drug-likeness (QED) is 0.323. The molecule has 1 N–H and O–H groups in total. The lowest BCUT2D eigenvalue weighted by Crippen LogP contribution is -2.44. The standard InChI is InChI=1S/C21H24N8O4/c1-14-15(13-30)12-28(25-14)20-4-5-22-21(24-20)23-16-10-18(29(31)32)17(11-19(16)33-3)27-8-6-26(2)7-9-27/h4-5,10-13H,6-9H2,1-3H3,(H,22,23,24). The predicted molar refractivity (Wildman–Crippen MR) is 122 cm³/mol. The van der Waals surface area contributed by atoms with Gasteiger partial charge < -0.3 is 19.9 Å². The topological polar surface area (TPSA) is 132 Å². The molecule has 1 fully saturated rings. The van der Waals surface area contributed by atoms with E-state index in [9.17, 15) is 14.9 Å². The Morgan fingerprint density at radius 1 is 1.24 bits per heavy atom. The minimum Gasteiger partial charge on any atom is -0.494 e. The highest BCUT2D eigenvalue weighted by Gasteiger charge is 2.26. The van der Waals surface area contributed by atoms with Crippen molar-refractivity contribution in [3.63, 3.8) is 0 Å². The molecule has 2 aromatic heterocycles. The van der Waals surface area contributed by atoms with E-state index in [4.69, 9.17) is 4.74 Å². The number of rotatable bonds is 7. The van der Waals surface area contributed by atoms with Crippen molar-refractivity contribution in [2.45, 2.75) is 6.92 Å². The fourth-order valence-electron chi connectivity index (χ4n) is 3.63. The van der Waals surface area contributed by atoms with Crippen molar-refractivity contribution in [2.75, 3.05) is 50.6 Å². The van der Waals surface area contributed by atoms with Gasteiger partial charge in [0.2, 0.25) is 5.95 Å². The van der Waals surface area contributed by atoms with Crippen LogP contribution in [0.1, 0.15) is 16.1 Å². The maximum Gasteiger partial charge on any atom is 0.294 e. The number of nitro benzene ring substituents is 1. The molecule has 33 heavy (non-hydrogen) atoms. The number of aldehydes is 1. The fraction of sp³-hybridized carbons (Fsp3) is 0.333. The first-order valence-corrected chi connectivity index (χ1v) is 10.3. The van der Waals surface area contributed by atoms with E-state index in [1.807, 2.05) is 11.9 Å². The molecule has 1 aliphatic rings. The second-order valence-corrected chi connectivity index (χ2v) is 7.68. The minimum absolute atomic E-state index is 0.0302. The summed E-state index contributed by atoms with van der Waals surface area (Å²) in [6, 6.07) is 4.75. The first-order chi connectivity index (χ1) is 15.9. The summed E-state index contributed by atoms with van der Waals surface area (Å²) in [5.41, 5.74) is 1.88. The number of ether oxygens (including phenoxy) is 1. The lowest BCUT2D eigenvalue weighted by atomic mass is 10.1. The number of anilines is 3. The molecule has 0 spiro atoms. The molecule has 0 atom stereocenters. The van der Waals surface area contributed by atoms with Gasteiger partial charge in [-0.15, -0.1) is 0 Å². The number of nitrogens with one attached hydrogen (secondary N) is 1. The van der Waals surface area contributed by atoms with E-state index in [1.165, 1.54) is 24.1 Å². The van der Waals surface area contributed by atoms with Crippen LogP contribution in [0, 0.1) is 17.0 Å². The Kier molecular flexibility index (Phi) is 6.18. The molecule has 0 aliphatic carbocycles. The Bertz CT molecular complexity index is 1190. The number of hydrogen-bond donors (Lipinski definition) is 1. The molecule has 12 nitrogen and oxygen atoms in total. The molecular formula is C21H24N8O4. The Hall–Kier alpha value is -4.06. The molecule has 1 aromatic carbocycles. The van der Waals surface area contributed by atoms with Crippen LogP contribution in [0.5, 0.6) is 5.75 Å². The predicted octanol–water partition coefficient (Wildman–Crippen LogP) is 2.20. The summed E-state index contributed by atoms with van der Waals surface area (Å²) in [4.78, 5) is 35.4. The second-order valence-electron chi connectivity index (χ2n) is 7.68. The van der Waals surface area contributed by atoms with Gasteiger partial charge in [-0.25, -0.2) is 9.67 Å². The maximum absolute atomic E-state index is 11.9. The molecule has 0 bridgehead atoms. The van der Waals surface area contributed by atoms with Crippen LogP contribution in [-0.2, 0) is 0 Å². The number of nitro groups is 1. The normalized spacial score (nSPS) is 14.2. The van der Waals surface area contributed by atoms with Crippen molar-refractivity contribution < 1.29 is 14.5 Å². The summed E-state index contributed by atoms with van der Waals surface area (Å²) in [6.45, 7) is 4.74. The minimum atomic E-state index is -0.400. The third kappa shape index (κ3) is 4.60. The number of carbonyl (C=O) groups is 1. The zero-order valence-electron chi connectivity index (χ0n) is 18.6. The highest BCUT2D eigenvalue weighted by molar-refractivity contribution is 5.77. The summed E-state index contributed by atoms with van der Waals surface area (Å²) in [7, 11) is 3.53. The van der Waals surface area contributed by atoms with Crippen LogP contribution in [-0.4, -0.2) is 76.2 Å². The number of aryl methyl sites for hydroxylation is 1. The van der Waals surface area contributed by atoms with E-state index in [2.05, 4.69) is 25.3 Å². The molecule has 0 unspecified atom stereocenters. The summed E-state index contributed by atoms with van der Waals surface area (Å²) in [6.07, 6.45) is 3.83. The number of aromatic nitrogens is 4. The Balaban J connectivity index is 1.67. The number of nitrogens with zero attached hydrogens (tertiary/aromatic N) is 7. The van der Waals surface area contributed by atoms with Crippen molar-refractivity contribution in [2.24, 2.45) is 0 Å². The Morgan fingerprint density at radius 2 is 2.00 bits per heavy atom. The largest absolute Gasteiger partial charge is 0.494 e. The second kappa shape index (κ2) is 9.20. The van der Waals surface area contributed by atoms with E-state index in [0.717, 1.165) is 19.4 Å². The van der Waals surface area contributed by atoms with Crippen LogP contribution in [0.15, 0.2) is 30.6 Å². The van der Waals surface area contributed by atoms with Gasteiger partial charge in [-0.1, -0.05) is 0 Å². The van der Waals surface area contributed by atoms with Crippen LogP contribution in [0.25, 0.3) is 5.82 Å². The third-order valence-corrected chi connectivity index (χ3v) is 5.52. The van der Waals surface area contributed by atoms with Gasteiger partial charge >= 0.3 is 0 Å². The van der Waals surface area contributed by atoms with Gasteiger partial charge in [-0.3, -0.25) is 14.9 Å². The number of methoxy groups -OCH3 is 1. The lowest BCUT2D eigenvalue weighted by molar-refractivity contribution is -0.384. The van der Waals surface area contributed by atoms with Crippen LogP contribution in [0.3, 0.4) is 0 Å². The van der Waals surface area contributed by atoms with E-state index in [1.54, 1.807) is 25.3 Å². The molecule has 0 radical (unpaired) electrons. The van der Waals surface area contributed by atoms with Crippen molar-refractivity contribution in [1.82, 2.24) is 24.6 Å². The number of benzene rings is 1. The van der Waals surface area contributed by atoms with Crippen molar-refractivity contribution >= 4 is 29.3 Å². The summed E-state index contributed by atoms with van der Waals surface area (Å²) >= 11 is 0. The molecule has 3 aromatic rings. The van der Waals surface area contributed by atoms with Crippen molar-refractivity contribution in [1.29, 1.82) is 0 Å². The highest BCUT2D eigenvalue weighted by Crippen LogP contribution is 2.39. The van der Waals surface area contributed by atoms with Gasteiger partial charge in [0.1, 0.15) is 11.4 Å². The summed E-state index contributed by atoms with van der Waals surface area (Å²) < 4.78 is 6.99. The average molecular weight is 452 g/mol. The van der Waals surface area contributed by atoms with Crippen LogP contribution in [0.2, 0.25) is 0 Å². The van der Waals surface area contributed by atoms with Gasteiger partial charge in [0, 0.05) is 56.8 Å². The van der Waals surface area contributed by atoms with Gasteiger partial charge in [-0.2, -0.15) is 10.1 Å². The van der Waals surface area contributed by atoms with Crippen LogP contribution < -0.4 is 15.0 Å². The van der Waals surface area contributed by atoms with Crippen molar-refractivity contribution in [3.05, 3.63) is 52.0 Å². The van der Waals surface area contributed by atoms with E-state index in [0.29, 0.717) is 47.3 Å². The molecule has 4 rings (SSSR count). The first kappa shape index (κ1) is 22.1. The zero-order chi connectivity index (χ0) is 23.5. The van der Waals surface area contributed by atoms with Crippen LogP contribution >= 0.6 is 0 Å². The van der Waals surface area contributed by atoms with E-state index in [-0.39, 0.29) is 11.6 Å². The number of likely N-dealkylation sites (N-methyl/N-ethyl adjacent to an activating group) is 1. The van der Waals surface area contributed by atoms with Gasteiger partial charge in [-0.05, 0) is 14.0 Å².